The molecule has 1 atom stereocenters. The minimum absolute atomic E-state index is 0.119. The molecule has 2 aromatic carbocycles. The number of nitrogens with zero attached hydrogens (tertiary/aromatic N) is 1. The van der Waals surface area contributed by atoms with Gasteiger partial charge in [-0.3, -0.25) is 4.79 Å². The van der Waals surface area contributed by atoms with Crippen molar-refractivity contribution in [2.24, 2.45) is 5.92 Å². The molecule has 1 N–H and O–H groups in total. The summed E-state index contributed by atoms with van der Waals surface area (Å²) in [6.07, 6.45) is 2.03. The summed E-state index contributed by atoms with van der Waals surface area (Å²) in [5, 5.41) is 3.05. The van der Waals surface area contributed by atoms with Gasteiger partial charge in [0.25, 0.3) is 0 Å². The van der Waals surface area contributed by atoms with Gasteiger partial charge in [-0.1, -0.05) is 22.9 Å². The Labute approximate surface area is 198 Å². The van der Waals surface area contributed by atoms with Crippen LogP contribution in [-0.2, 0) is 21.2 Å². The second-order valence-electron chi connectivity index (χ2n) is 7.82. The lowest BCUT2D eigenvalue weighted by atomic mass is 9.98. The highest BCUT2D eigenvalue weighted by Crippen LogP contribution is 2.33. The number of carbonyl (C=O) groups excluding carboxylic acids is 1. The van der Waals surface area contributed by atoms with Crippen LogP contribution in [0.2, 0.25) is 0 Å². The minimum atomic E-state index is -3.77. The number of amides is 1. The quantitative estimate of drug-likeness (QED) is 0.580. The second kappa shape index (κ2) is 10.2. The highest BCUT2D eigenvalue weighted by atomic mass is 79.9. The molecule has 0 spiro atoms. The third-order valence-electron chi connectivity index (χ3n) is 5.76. The fourth-order valence-corrected chi connectivity index (χ4v) is 6.16. The maximum atomic E-state index is 13.3. The first kappa shape index (κ1) is 24.5. The predicted molar refractivity (Wildman–Crippen MR) is 128 cm³/mol. The van der Waals surface area contributed by atoms with Gasteiger partial charge in [0.15, 0.2) is 11.5 Å². The molecule has 0 aromatic heterocycles. The first-order valence-electron chi connectivity index (χ1n) is 10.5. The number of hydrogen-bond donors (Lipinski definition) is 1. The molecule has 1 saturated heterocycles. The molecule has 0 saturated carbocycles. The van der Waals surface area contributed by atoms with Crippen molar-refractivity contribution in [3.05, 3.63) is 45.9 Å². The van der Waals surface area contributed by atoms with E-state index in [2.05, 4.69) is 21.2 Å². The van der Waals surface area contributed by atoms with E-state index in [1.54, 1.807) is 6.07 Å². The lowest BCUT2D eigenvalue weighted by Gasteiger charge is -2.31. The number of carbonyl (C=O) groups is 1. The van der Waals surface area contributed by atoms with Crippen molar-refractivity contribution < 1.29 is 22.7 Å². The predicted octanol–water partition coefficient (Wildman–Crippen LogP) is 4.38. The summed E-state index contributed by atoms with van der Waals surface area (Å²) in [4.78, 5) is 13.2. The number of halogens is 1. The van der Waals surface area contributed by atoms with Crippen LogP contribution in [0.3, 0.4) is 0 Å². The Hall–Kier alpha value is -2.10. The fourth-order valence-electron chi connectivity index (χ4n) is 4.00. The Balaban J connectivity index is 1.80. The zero-order valence-electron chi connectivity index (χ0n) is 18.8. The van der Waals surface area contributed by atoms with Crippen LogP contribution < -0.4 is 14.8 Å². The van der Waals surface area contributed by atoms with Crippen LogP contribution in [0.25, 0.3) is 0 Å². The van der Waals surface area contributed by atoms with E-state index < -0.39 is 15.9 Å². The van der Waals surface area contributed by atoms with Gasteiger partial charge in [0.1, 0.15) is 0 Å². The van der Waals surface area contributed by atoms with Gasteiger partial charge in [-0.05, 0) is 61.6 Å². The molecule has 7 nitrogen and oxygen atoms in total. The van der Waals surface area contributed by atoms with Crippen molar-refractivity contribution in [3.63, 3.8) is 0 Å². The molecule has 174 valence electrons. The van der Waals surface area contributed by atoms with Gasteiger partial charge in [0.05, 0.1) is 25.0 Å². The number of benzene rings is 2. The summed E-state index contributed by atoms with van der Waals surface area (Å²) < 4.78 is 39.3. The van der Waals surface area contributed by atoms with Crippen LogP contribution >= 0.6 is 15.9 Å². The van der Waals surface area contributed by atoms with Crippen molar-refractivity contribution in [2.75, 3.05) is 32.6 Å². The highest BCUT2D eigenvalue weighted by Gasteiger charge is 2.34. The van der Waals surface area contributed by atoms with E-state index >= 15 is 0 Å². The average molecular weight is 525 g/mol. The molecule has 0 radical (unpaired) electrons. The SMILES string of the molecule is CCc1cc(Br)cc(C)c1NC(=O)[C@@H]1CCCN(S(=O)(=O)c2ccc(OC)c(OC)c2)C1. The van der Waals surface area contributed by atoms with E-state index in [9.17, 15) is 13.2 Å². The number of rotatable bonds is 7. The molecule has 9 heteroatoms. The van der Waals surface area contributed by atoms with E-state index in [0.29, 0.717) is 30.9 Å². The molecule has 0 unspecified atom stereocenters. The van der Waals surface area contributed by atoms with Gasteiger partial charge in [-0.15, -0.1) is 0 Å². The molecule has 1 aliphatic rings. The number of nitrogens with one attached hydrogen (secondary N) is 1. The highest BCUT2D eigenvalue weighted by molar-refractivity contribution is 9.10. The van der Waals surface area contributed by atoms with Gasteiger partial charge in [0.2, 0.25) is 15.9 Å². The van der Waals surface area contributed by atoms with Gasteiger partial charge in [-0.25, -0.2) is 8.42 Å². The molecule has 0 bridgehead atoms. The number of sulfonamides is 1. The third-order valence-corrected chi connectivity index (χ3v) is 8.08. The molecule has 2 aromatic rings. The zero-order chi connectivity index (χ0) is 23.5. The summed E-state index contributed by atoms with van der Waals surface area (Å²) in [7, 11) is -0.814. The van der Waals surface area contributed by atoms with Crippen LogP contribution in [-0.4, -0.2) is 45.9 Å². The van der Waals surface area contributed by atoms with Crippen molar-refractivity contribution in [1.82, 2.24) is 4.31 Å². The third kappa shape index (κ3) is 5.10. The van der Waals surface area contributed by atoms with Crippen molar-refractivity contribution in [2.45, 2.75) is 38.0 Å². The van der Waals surface area contributed by atoms with Crippen LogP contribution in [0.5, 0.6) is 11.5 Å². The van der Waals surface area contributed by atoms with E-state index in [1.165, 1.54) is 30.7 Å². The molecule has 32 heavy (non-hydrogen) atoms. The van der Waals surface area contributed by atoms with Gasteiger partial charge < -0.3 is 14.8 Å². The fraction of sp³-hybridized carbons (Fsp3) is 0.435. The molecular weight excluding hydrogens is 496 g/mol. The molecule has 1 aliphatic heterocycles. The summed E-state index contributed by atoms with van der Waals surface area (Å²) in [5.41, 5.74) is 2.81. The maximum absolute atomic E-state index is 13.3. The number of methoxy groups -OCH3 is 2. The standard InChI is InChI=1S/C23H29BrN2O5S/c1-5-16-12-18(24)11-15(2)22(16)25-23(27)17-7-6-10-26(14-17)32(28,29)19-8-9-20(30-3)21(13-19)31-4/h8-9,11-13,17H,5-7,10,14H2,1-4H3,(H,25,27)/t17-/m1/s1. The van der Waals surface area contributed by atoms with Crippen molar-refractivity contribution >= 4 is 37.5 Å². The van der Waals surface area contributed by atoms with E-state index in [0.717, 1.165) is 27.7 Å². The van der Waals surface area contributed by atoms with Crippen LogP contribution in [0.15, 0.2) is 39.7 Å². The van der Waals surface area contributed by atoms with E-state index in [1.807, 2.05) is 26.0 Å². The number of aryl methyl sites for hydroxylation is 2. The molecule has 1 heterocycles. The Bertz CT molecular complexity index is 1100. The first-order chi connectivity index (χ1) is 15.2. The zero-order valence-corrected chi connectivity index (χ0v) is 21.2. The topological polar surface area (TPSA) is 84.9 Å². The van der Waals surface area contributed by atoms with Crippen molar-refractivity contribution in [3.8, 4) is 11.5 Å². The van der Waals surface area contributed by atoms with Crippen LogP contribution in [0.1, 0.15) is 30.9 Å². The molecular formula is C23H29BrN2O5S. The summed E-state index contributed by atoms with van der Waals surface area (Å²) >= 11 is 3.50. The summed E-state index contributed by atoms with van der Waals surface area (Å²) in [5.74, 6) is 0.223. The summed E-state index contributed by atoms with van der Waals surface area (Å²) in [6, 6.07) is 8.48. The number of ether oxygens (including phenoxy) is 2. The van der Waals surface area contributed by atoms with Crippen LogP contribution in [0.4, 0.5) is 5.69 Å². The Kier molecular flexibility index (Phi) is 7.84. The molecule has 1 fully saturated rings. The summed E-state index contributed by atoms with van der Waals surface area (Å²) in [6.45, 7) is 4.50. The molecule has 0 aliphatic carbocycles. The lowest BCUT2D eigenvalue weighted by molar-refractivity contribution is -0.120. The minimum Gasteiger partial charge on any atom is -0.493 e. The molecule has 3 rings (SSSR count). The Morgan fingerprint density at radius 1 is 1.19 bits per heavy atom. The molecule has 1 amide bonds. The number of hydrogen-bond acceptors (Lipinski definition) is 5. The van der Waals surface area contributed by atoms with Gasteiger partial charge in [-0.2, -0.15) is 4.31 Å². The lowest BCUT2D eigenvalue weighted by Crippen LogP contribution is -2.43. The largest absolute Gasteiger partial charge is 0.493 e. The monoisotopic (exact) mass is 524 g/mol. The van der Waals surface area contributed by atoms with E-state index in [-0.39, 0.29) is 17.3 Å². The normalized spacial score (nSPS) is 17.1. The van der Waals surface area contributed by atoms with Crippen LogP contribution in [0, 0.1) is 12.8 Å². The van der Waals surface area contributed by atoms with Gasteiger partial charge >= 0.3 is 0 Å². The Morgan fingerprint density at radius 3 is 2.56 bits per heavy atom. The second-order valence-corrected chi connectivity index (χ2v) is 10.7. The van der Waals surface area contributed by atoms with Crippen molar-refractivity contribution in [1.29, 1.82) is 0 Å². The number of anilines is 1. The average Bonchev–Trinajstić information content (AvgIpc) is 2.79. The number of piperidine rings is 1. The smallest absolute Gasteiger partial charge is 0.243 e. The maximum Gasteiger partial charge on any atom is 0.243 e. The van der Waals surface area contributed by atoms with Gasteiger partial charge in [0, 0.05) is 29.3 Å². The Morgan fingerprint density at radius 2 is 1.91 bits per heavy atom. The first-order valence-corrected chi connectivity index (χ1v) is 12.8. The van der Waals surface area contributed by atoms with E-state index in [4.69, 9.17) is 9.47 Å².